The van der Waals surface area contributed by atoms with Crippen molar-refractivity contribution in [3.05, 3.63) is 54.4 Å². The number of nitrogens with one attached hydrogen (secondary N) is 3. The molecule has 3 amide bonds. The number of hydrogen-bond acceptors (Lipinski definition) is 4. The Hall–Kier alpha value is -2.93. The molecule has 3 rings (SSSR count). The molecule has 2 aromatic rings. The van der Waals surface area contributed by atoms with Gasteiger partial charge in [0.2, 0.25) is 5.91 Å². The third kappa shape index (κ3) is 5.53. The molecule has 0 spiro atoms. The van der Waals surface area contributed by atoms with E-state index in [2.05, 4.69) is 20.9 Å². The zero-order valence-electron chi connectivity index (χ0n) is 16.1. The van der Waals surface area contributed by atoms with E-state index in [0.717, 1.165) is 18.4 Å². The van der Waals surface area contributed by atoms with E-state index in [1.54, 1.807) is 36.7 Å². The quantitative estimate of drug-likeness (QED) is 0.735. The minimum Gasteiger partial charge on any atom is -0.373 e. The average molecular weight is 382 g/mol. The van der Waals surface area contributed by atoms with Crippen molar-refractivity contribution in [2.75, 3.05) is 17.2 Å². The van der Waals surface area contributed by atoms with Crippen molar-refractivity contribution >= 4 is 23.3 Å². The van der Waals surface area contributed by atoms with E-state index in [9.17, 15) is 9.59 Å². The number of rotatable bonds is 5. The maximum absolute atomic E-state index is 12.3. The van der Waals surface area contributed by atoms with E-state index in [4.69, 9.17) is 4.74 Å². The van der Waals surface area contributed by atoms with Crippen molar-refractivity contribution in [3.63, 3.8) is 0 Å². The van der Waals surface area contributed by atoms with Gasteiger partial charge in [-0.05, 0) is 54.8 Å². The Labute approximate surface area is 164 Å². The fourth-order valence-electron chi connectivity index (χ4n) is 3.01. The van der Waals surface area contributed by atoms with Gasteiger partial charge in [-0.3, -0.25) is 9.78 Å². The topological polar surface area (TPSA) is 92.4 Å². The molecule has 1 aromatic heterocycles. The largest absolute Gasteiger partial charge is 0.373 e. The van der Waals surface area contributed by atoms with Crippen LogP contribution in [0.5, 0.6) is 0 Å². The van der Waals surface area contributed by atoms with Crippen LogP contribution < -0.4 is 16.0 Å². The van der Waals surface area contributed by atoms with Gasteiger partial charge in [0.1, 0.15) is 0 Å². The van der Waals surface area contributed by atoms with Gasteiger partial charge in [0.15, 0.2) is 0 Å². The summed E-state index contributed by atoms with van der Waals surface area (Å²) < 4.78 is 5.82. The standard InChI is InChI=1S/C21H26N4O3/c1-14(2)20(26)23-16-3-5-17(6-4-16)24-21(27)25-18-9-12-28-19(13-18)15-7-10-22-11-8-15/h3-8,10-11,14,18-19H,9,12-13H2,1-2H3,(H,23,26)(H2,24,25,27)/t18-,19+/m1/s1. The van der Waals surface area contributed by atoms with Gasteiger partial charge in [0.05, 0.1) is 6.10 Å². The Morgan fingerprint density at radius 3 is 2.32 bits per heavy atom. The van der Waals surface area contributed by atoms with Gasteiger partial charge in [-0.25, -0.2) is 4.79 Å². The molecular weight excluding hydrogens is 356 g/mol. The number of pyridine rings is 1. The van der Waals surface area contributed by atoms with Crippen molar-refractivity contribution in [1.82, 2.24) is 10.3 Å². The highest BCUT2D eigenvalue weighted by molar-refractivity contribution is 5.93. The molecule has 3 N–H and O–H groups in total. The number of nitrogens with zero attached hydrogens (tertiary/aromatic N) is 1. The molecule has 7 nitrogen and oxygen atoms in total. The number of carbonyl (C=O) groups is 2. The molecule has 0 aliphatic carbocycles. The lowest BCUT2D eigenvalue weighted by molar-refractivity contribution is -0.118. The predicted octanol–water partition coefficient (Wildman–Crippen LogP) is 3.72. The number of aromatic nitrogens is 1. The van der Waals surface area contributed by atoms with E-state index < -0.39 is 0 Å². The second-order valence-corrected chi connectivity index (χ2v) is 7.18. The van der Waals surface area contributed by atoms with Crippen molar-refractivity contribution in [3.8, 4) is 0 Å². The fraction of sp³-hybridized carbons (Fsp3) is 0.381. The molecule has 148 valence electrons. The van der Waals surface area contributed by atoms with Crippen LogP contribution >= 0.6 is 0 Å². The van der Waals surface area contributed by atoms with Crippen molar-refractivity contribution in [2.45, 2.75) is 38.8 Å². The van der Waals surface area contributed by atoms with Gasteiger partial charge in [0.25, 0.3) is 0 Å². The molecule has 1 aromatic carbocycles. The fourth-order valence-corrected chi connectivity index (χ4v) is 3.01. The number of urea groups is 1. The first kappa shape index (κ1) is 19.8. The maximum atomic E-state index is 12.3. The van der Waals surface area contributed by atoms with Gasteiger partial charge in [-0.2, -0.15) is 0 Å². The highest BCUT2D eigenvalue weighted by Crippen LogP contribution is 2.27. The number of benzene rings is 1. The highest BCUT2D eigenvalue weighted by Gasteiger charge is 2.25. The minimum absolute atomic E-state index is 0.0362. The zero-order valence-corrected chi connectivity index (χ0v) is 16.1. The Bertz CT molecular complexity index is 793. The minimum atomic E-state index is -0.251. The summed E-state index contributed by atoms with van der Waals surface area (Å²) in [4.78, 5) is 28.1. The molecule has 0 unspecified atom stereocenters. The molecule has 1 aliphatic heterocycles. The number of amides is 3. The third-order valence-electron chi connectivity index (χ3n) is 4.63. The van der Waals surface area contributed by atoms with E-state index >= 15 is 0 Å². The summed E-state index contributed by atoms with van der Waals surface area (Å²) in [6.07, 6.45) is 4.95. The SMILES string of the molecule is CC(C)C(=O)Nc1ccc(NC(=O)N[C@@H]2CCO[C@H](c3ccncc3)C2)cc1. The van der Waals surface area contributed by atoms with Crippen LogP contribution in [0.2, 0.25) is 0 Å². The van der Waals surface area contributed by atoms with Crippen LogP contribution in [0.15, 0.2) is 48.8 Å². The second kappa shape index (κ2) is 9.32. The number of ether oxygens (including phenoxy) is 1. The summed E-state index contributed by atoms with van der Waals surface area (Å²) in [6.45, 7) is 4.28. The van der Waals surface area contributed by atoms with Crippen LogP contribution in [0, 0.1) is 5.92 Å². The summed E-state index contributed by atoms with van der Waals surface area (Å²) in [5, 5.41) is 8.67. The highest BCUT2D eigenvalue weighted by atomic mass is 16.5. The smallest absolute Gasteiger partial charge is 0.319 e. The first-order valence-corrected chi connectivity index (χ1v) is 9.51. The van der Waals surface area contributed by atoms with Crippen LogP contribution in [0.3, 0.4) is 0 Å². The lowest BCUT2D eigenvalue weighted by Gasteiger charge is -2.30. The Morgan fingerprint density at radius 1 is 1.04 bits per heavy atom. The Balaban J connectivity index is 1.50. The Kier molecular flexibility index (Phi) is 6.60. The first-order valence-electron chi connectivity index (χ1n) is 9.51. The molecule has 28 heavy (non-hydrogen) atoms. The molecule has 0 saturated carbocycles. The van der Waals surface area contributed by atoms with Crippen molar-refractivity contribution < 1.29 is 14.3 Å². The van der Waals surface area contributed by atoms with E-state index in [0.29, 0.717) is 18.0 Å². The second-order valence-electron chi connectivity index (χ2n) is 7.18. The first-order chi connectivity index (χ1) is 13.5. The summed E-state index contributed by atoms with van der Waals surface area (Å²) in [5.74, 6) is -0.124. The summed E-state index contributed by atoms with van der Waals surface area (Å²) in [6, 6.07) is 10.7. The van der Waals surface area contributed by atoms with Crippen LogP contribution in [0.25, 0.3) is 0 Å². The lowest BCUT2D eigenvalue weighted by atomic mass is 9.98. The maximum Gasteiger partial charge on any atom is 0.319 e. The molecule has 1 aliphatic rings. The van der Waals surface area contributed by atoms with Crippen LogP contribution in [-0.2, 0) is 9.53 Å². The van der Waals surface area contributed by atoms with Crippen molar-refractivity contribution in [1.29, 1.82) is 0 Å². The summed E-state index contributed by atoms with van der Waals surface area (Å²) in [7, 11) is 0. The summed E-state index contributed by atoms with van der Waals surface area (Å²) in [5.41, 5.74) is 2.44. The van der Waals surface area contributed by atoms with Gasteiger partial charge < -0.3 is 20.7 Å². The molecule has 1 fully saturated rings. The van der Waals surface area contributed by atoms with Gasteiger partial charge in [0, 0.05) is 42.3 Å². The monoisotopic (exact) mass is 382 g/mol. The van der Waals surface area contributed by atoms with Gasteiger partial charge in [-0.15, -0.1) is 0 Å². The molecule has 2 heterocycles. The van der Waals surface area contributed by atoms with Crippen molar-refractivity contribution in [2.24, 2.45) is 5.92 Å². The molecule has 7 heteroatoms. The molecule has 0 radical (unpaired) electrons. The lowest BCUT2D eigenvalue weighted by Crippen LogP contribution is -2.42. The average Bonchev–Trinajstić information content (AvgIpc) is 2.70. The van der Waals surface area contributed by atoms with Gasteiger partial charge in [-0.1, -0.05) is 13.8 Å². The van der Waals surface area contributed by atoms with Crippen LogP contribution in [0.4, 0.5) is 16.2 Å². The predicted molar refractivity (Wildman–Crippen MR) is 108 cm³/mol. The molecule has 0 bridgehead atoms. The van der Waals surface area contributed by atoms with Gasteiger partial charge >= 0.3 is 6.03 Å². The van der Waals surface area contributed by atoms with E-state index in [1.165, 1.54) is 0 Å². The summed E-state index contributed by atoms with van der Waals surface area (Å²) >= 11 is 0. The molecule has 1 saturated heterocycles. The number of anilines is 2. The molecule has 2 atom stereocenters. The zero-order chi connectivity index (χ0) is 19.9. The molecular formula is C21H26N4O3. The number of hydrogen-bond donors (Lipinski definition) is 3. The third-order valence-corrected chi connectivity index (χ3v) is 4.63. The number of carbonyl (C=O) groups excluding carboxylic acids is 2. The van der Waals surface area contributed by atoms with E-state index in [-0.39, 0.29) is 30.0 Å². The van der Waals surface area contributed by atoms with Crippen LogP contribution in [-0.4, -0.2) is 29.6 Å². The van der Waals surface area contributed by atoms with E-state index in [1.807, 2.05) is 26.0 Å². The normalized spacial score (nSPS) is 19.1. The van der Waals surface area contributed by atoms with Crippen LogP contribution in [0.1, 0.15) is 38.4 Å². The Morgan fingerprint density at radius 2 is 1.68 bits per heavy atom.